The van der Waals surface area contributed by atoms with Crippen molar-refractivity contribution in [2.75, 3.05) is 0 Å². The van der Waals surface area contributed by atoms with Gasteiger partial charge >= 0.3 is 0 Å². The monoisotopic (exact) mass is 284 g/mol. The Hall–Kier alpha value is -1.06. The van der Waals surface area contributed by atoms with E-state index in [1.165, 1.54) is 17.0 Å². The number of rotatable bonds is 5. The lowest BCUT2D eigenvalue weighted by molar-refractivity contribution is 0.308. The molecule has 0 radical (unpaired) electrons. The second-order valence-corrected chi connectivity index (χ2v) is 5.46. The number of aryl methyl sites for hydroxylation is 1. The molecule has 0 amide bonds. The zero-order valence-electron chi connectivity index (χ0n) is 10.1. The van der Waals surface area contributed by atoms with E-state index in [9.17, 15) is 4.39 Å². The van der Waals surface area contributed by atoms with E-state index in [1.807, 2.05) is 6.07 Å². The smallest absolute Gasteiger partial charge is 0.127 e. The molecular formula is C14H14ClFOS. The van der Waals surface area contributed by atoms with Crippen LogP contribution in [0.3, 0.4) is 0 Å². The summed E-state index contributed by atoms with van der Waals surface area (Å²) in [5, 5.41) is 0. The van der Waals surface area contributed by atoms with Gasteiger partial charge in [-0.3, -0.25) is 0 Å². The molecule has 2 rings (SSSR count). The highest BCUT2D eigenvalue weighted by molar-refractivity contribution is 7.11. The summed E-state index contributed by atoms with van der Waals surface area (Å²) in [6.07, 6.45) is 1.03. The predicted octanol–water partition coefficient (Wildman–Crippen LogP) is 4.77. The first-order chi connectivity index (χ1) is 8.71. The molecule has 0 fully saturated rings. The Labute approximate surface area is 115 Å². The van der Waals surface area contributed by atoms with Gasteiger partial charge in [0, 0.05) is 21.7 Å². The van der Waals surface area contributed by atoms with Crippen molar-refractivity contribution in [3.8, 4) is 5.75 Å². The molecule has 0 spiro atoms. The zero-order chi connectivity index (χ0) is 13.0. The summed E-state index contributed by atoms with van der Waals surface area (Å²) < 4.78 is 18.8. The summed E-state index contributed by atoms with van der Waals surface area (Å²) in [5.74, 6) is 0.494. The molecular weight excluding hydrogens is 271 g/mol. The highest BCUT2D eigenvalue weighted by Crippen LogP contribution is 2.22. The van der Waals surface area contributed by atoms with Gasteiger partial charge in [-0.15, -0.1) is 22.9 Å². The van der Waals surface area contributed by atoms with E-state index in [1.54, 1.807) is 17.4 Å². The molecule has 0 aliphatic heterocycles. The van der Waals surface area contributed by atoms with Gasteiger partial charge < -0.3 is 4.74 Å². The van der Waals surface area contributed by atoms with Crippen molar-refractivity contribution in [3.63, 3.8) is 0 Å². The van der Waals surface area contributed by atoms with Crippen molar-refractivity contribution in [1.82, 2.24) is 0 Å². The van der Waals surface area contributed by atoms with Gasteiger partial charge in [0.25, 0.3) is 0 Å². The van der Waals surface area contributed by atoms with E-state index in [-0.39, 0.29) is 11.7 Å². The topological polar surface area (TPSA) is 9.23 Å². The third-order valence-electron chi connectivity index (χ3n) is 2.53. The van der Waals surface area contributed by atoms with Crippen molar-refractivity contribution < 1.29 is 9.13 Å². The van der Waals surface area contributed by atoms with Crippen LogP contribution < -0.4 is 4.74 Å². The maximum atomic E-state index is 13.3. The standard InChI is InChI=1S/C14H14ClFOS/c1-2-13-3-4-14(18-13)9-17-12-6-10(8-15)5-11(16)7-12/h3-7H,2,8-9H2,1H3. The van der Waals surface area contributed by atoms with Gasteiger partial charge in [-0.05, 0) is 36.2 Å². The molecule has 0 saturated carbocycles. The van der Waals surface area contributed by atoms with Crippen LogP contribution in [0.15, 0.2) is 30.3 Å². The third kappa shape index (κ3) is 3.47. The predicted molar refractivity (Wildman–Crippen MR) is 74.0 cm³/mol. The maximum Gasteiger partial charge on any atom is 0.127 e. The molecule has 2 aromatic rings. The zero-order valence-corrected chi connectivity index (χ0v) is 11.7. The lowest BCUT2D eigenvalue weighted by Crippen LogP contribution is -1.94. The van der Waals surface area contributed by atoms with Gasteiger partial charge in [0.15, 0.2) is 0 Å². The molecule has 0 aliphatic carbocycles. The minimum atomic E-state index is -0.316. The molecule has 0 unspecified atom stereocenters. The summed E-state index contributed by atoms with van der Waals surface area (Å²) in [6.45, 7) is 2.59. The van der Waals surface area contributed by atoms with Crippen molar-refractivity contribution >= 4 is 22.9 Å². The number of hydrogen-bond acceptors (Lipinski definition) is 2. The highest BCUT2D eigenvalue weighted by atomic mass is 35.5. The number of thiophene rings is 1. The van der Waals surface area contributed by atoms with Crippen molar-refractivity contribution in [3.05, 3.63) is 51.5 Å². The Morgan fingerprint density at radius 3 is 2.67 bits per heavy atom. The summed E-state index contributed by atoms with van der Waals surface area (Å²) in [5.41, 5.74) is 0.729. The van der Waals surface area contributed by atoms with E-state index in [0.29, 0.717) is 12.4 Å². The van der Waals surface area contributed by atoms with Crippen LogP contribution in [0.4, 0.5) is 4.39 Å². The van der Waals surface area contributed by atoms with Crippen LogP contribution in [0.1, 0.15) is 22.2 Å². The van der Waals surface area contributed by atoms with Crippen molar-refractivity contribution in [2.45, 2.75) is 25.8 Å². The molecule has 0 aliphatic rings. The SMILES string of the molecule is CCc1ccc(COc2cc(F)cc(CCl)c2)s1. The largest absolute Gasteiger partial charge is 0.488 e. The Morgan fingerprint density at radius 1 is 1.22 bits per heavy atom. The van der Waals surface area contributed by atoms with E-state index in [0.717, 1.165) is 16.9 Å². The van der Waals surface area contributed by atoms with Crippen LogP contribution in [-0.2, 0) is 18.9 Å². The lowest BCUT2D eigenvalue weighted by Gasteiger charge is -2.06. The summed E-state index contributed by atoms with van der Waals surface area (Å²) in [7, 11) is 0. The van der Waals surface area contributed by atoms with Crippen LogP contribution in [0, 0.1) is 5.82 Å². The fourth-order valence-corrected chi connectivity index (χ4v) is 2.65. The fraction of sp³-hybridized carbons (Fsp3) is 0.286. The van der Waals surface area contributed by atoms with Gasteiger partial charge in [0.2, 0.25) is 0 Å². The van der Waals surface area contributed by atoms with Gasteiger partial charge in [-0.25, -0.2) is 4.39 Å². The first kappa shape index (κ1) is 13.4. The molecule has 0 atom stereocenters. The van der Waals surface area contributed by atoms with Gasteiger partial charge in [-0.1, -0.05) is 6.92 Å². The van der Waals surface area contributed by atoms with E-state index in [4.69, 9.17) is 16.3 Å². The Bertz CT molecular complexity index is 524. The number of ether oxygens (including phenoxy) is 1. The van der Waals surface area contributed by atoms with Crippen molar-refractivity contribution in [2.24, 2.45) is 0 Å². The molecule has 1 heterocycles. The quantitative estimate of drug-likeness (QED) is 0.719. The van der Waals surface area contributed by atoms with Crippen molar-refractivity contribution in [1.29, 1.82) is 0 Å². The second-order valence-electron chi connectivity index (χ2n) is 3.94. The minimum Gasteiger partial charge on any atom is -0.488 e. The molecule has 1 nitrogen and oxygen atoms in total. The Morgan fingerprint density at radius 2 is 2.00 bits per heavy atom. The Balaban J connectivity index is 2.03. The average Bonchev–Trinajstić information content (AvgIpc) is 2.83. The molecule has 4 heteroatoms. The molecule has 0 bridgehead atoms. The van der Waals surface area contributed by atoms with E-state index < -0.39 is 0 Å². The van der Waals surface area contributed by atoms with Gasteiger partial charge in [0.05, 0.1) is 0 Å². The second kappa shape index (κ2) is 6.21. The molecule has 1 aromatic carbocycles. The Kier molecular flexibility index (Phi) is 4.61. The summed E-state index contributed by atoms with van der Waals surface area (Å²) in [6, 6.07) is 8.71. The van der Waals surface area contributed by atoms with Gasteiger partial charge in [0.1, 0.15) is 18.2 Å². The average molecular weight is 285 g/mol. The lowest BCUT2D eigenvalue weighted by atomic mass is 10.2. The number of alkyl halides is 1. The van der Waals surface area contributed by atoms with Crippen LogP contribution in [0.5, 0.6) is 5.75 Å². The number of hydrogen-bond donors (Lipinski definition) is 0. The number of halogens is 2. The maximum absolute atomic E-state index is 13.3. The highest BCUT2D eigenvalue weighted by Gasteiger charge is 2.03. The molecule has 96 valence electrons. The molecule has 1 aromatic heterocycles. The first-order valence-corrected chi connectivity index (χ1v) is 7.12. The fourth-order valence-electron chi connectivity index (χ4n) is 1.63. The molecule has 0 N–H and O–H groups in total. The first-order valence-electron chi connectivity index (χ1n) is 5.77. The molecule has 18 heavy (non-hydrogen) atoms. The summed E-state index contributed by atoms with van der Waals surface area (Å²) in [4.78, 5) is 2.47. The summed E-state index contributed by atoms with van der Waals surface area (Å²) >= 11 is 7.41. The molecule has 0 saturated heterocycles. The van der Waals surface area contributed by atoms with Crippen LogP contribution >= 0.6 is 22.9 Å². The van der Waals surface area contributed by atoms with Crippen LogP contribution in [0.25, 0.3) is 0 Å². The number of benzene rings is 1. The van der Waals surface area contributed by atoms with E-state index >= 15 is 0 Å². The van der Waals surface area contributed by atoms with E-state index in [2.05, 4.69) is 13.0 Å². The normalized spacial score (nSPS) is 10.6. The minimum absolute atomic E-state index is 0.285. The van der Waals surface area contributed by atoms with Crippen LogP contribution in [-0.4, -0.2) is 0 Å². The third-order valence-corrected chi connectivity index (χ3v) is 4.04. The van der Waals surface area contributed by atoms with Gasteiger partial charge in [-0.2, -0.15) is 0 Å². The van der Waals surface area contributed by atoms with Crippen LogP contribution in [0.2, 0.25) is 0 Å².